The van der Waals surface area contributed by atoms with Gasteiger partial charge in [0.2, 0.25) is 0 Å². The van der Waals surface area contributed by atoms with Gasteiger partial charge in [-0.05, 0) is 99.8 Å². The molecule has 11 rings (SSSR count). The third kappa shape index (κ3) is 5.32. The van der Waals surface area contributed by atoms with Crippen LogP contribution in [0.15, 0.2) is 206 Å². The zero-order valence-electron chi connectivity index (χ0n) is 29.9. The first-order chi connectivity index (χ1) is 27.3. The van der Waals surface area contributed by atoms with E-state index in [1.807, 2.05) is 11.3 Å². The second kappa shape index (κ2) is 12.9. The Hall–Kier alpha value is -6.94. The zero-order valence-corrected chi connectivity index (χ0v) is 30.7. The van der Waals surface area contributed by atoms with Crippen LogP contribution in [0, 0.1) is 0 Å². The fraction of sp³-hybridized carbons (Fsp3) is 0. The van der Waals surface area contributed by atoms with Crippen LogP contribution in [0.5, 0.6) is 0 Å². The molecule has 0 amide bonds. The Morgan fingerprint density at radius 1 is 0.345 bits per heavy atom. The Morgan fingerprint density at radius 2 is 0.927 bits per heavy atom. The van der Waals surface area contributed by atoms with Gasteiger partial charge in [0.1, 0.15) is 0 Å². The Morgan fingerprint density at radius 3 is 1.62 bits per heavy atom. The van der Waals surface area contributed by atoms with Gasteiger partial charge in [0, 0.05) is 53.7 Å². The van der Waals surface area contributed by atoms with Crippen molar-refractivity contribution in [1.29, 1.82) is 0 Å². The molecule has 0 spiro atoms. The fourth-order valence-electron chi connectivity index (χ4n) is 8.36. The molecule has 2 nitrogen and oxygen atoms in total. The molecule has 9 aromatic carbocycles. The minimum absolute atomic E-state index is 1.12. The minimum Gasteiger partial charge on any atom is -0.310 e. The van der Waals surface area contributed by atoms with Gasteiger partial charge in [-0.25, -0.2) is 0 Å². The summed E-state index contributed by atoms with van der Waals surface area (Å²) in [5.74, 6) is 0. The van der Waals surface area contributed by atoms with Crippen molar-refractivity contribution in [1.82, 2.24) is 4.57 Å². The molecule has 0 bridgehead atoms. The highest BCUT2D eigenvalue weighted by molar-refractivity contribution is 7.25. The molecule has 0 fully saturated rings. The predicted molar refractivity (Wildman–Crippen MR) is 237 cm³/mol. The number of hydrogen-bond acceptors (Lipinski definition) is 2. The number of para-hydroxylation sites is 1. The summed E-state index contributed by atoms with van der Waals surface area (Å²) in [6.07, 6.45) is 0. The molecule has 0 saturated heterocycles. The van der Waals surface area contributed by atoms with Gasteiger partial charge in [0.25, 0.3) is 0 Å². The van der Waals surface area contributed by atoms with E-state index in [-0.39, 0.29) is 0 Å². The summed E-state index contributed by atoms with van der Waals surface area (Å²) >= 11 is 1.87. The largest absolute Gasteiger partial charge is 0.310 e. The van der Waals surface area contributed by atoms with Crippen molar-refractivity contribution in [2.75, 3.05) is 4.90 Å². The molecule has 0 N–H and O–H groups in total. The van der Waals surface area contributed by atoms with E-state index in [0.29, 0.717) is 0 Å². The maximum Gasteiger partial charge on any atom is 0.0547 e. The number of fused-ring (bicyclic) bond motifs is 8. The van der Waals surface area contributed by atoms with Crippen molar-refractivity contribution in [3.63, 3.8) is 0 Å². The van der Waals surface area contributed by atoms with Crippen LogP contribution in [0.4, 0.5) is 17.1 Å². The van der Waals surface area contributed by atoms with Crippen LogP contribution >= 0.6 is 11.3 Å². The lowest BCUT2D eigenvalue weighted by Gasteiger charge is -2.26. The molecular weight excluding hydrogens is 685 g/mol. The van der Waals surface area contributed by atoms with Crippen molar-refractivity contribution in [2.45, 2.75) is 0 Å². The number of aromatic nitrogens is 1. The summed E-state index contributed by atoms with van der Waals surface area (Å²) in [6, 6.07) is 75.1. The van der Waals surface area contributed by atoms with Crippen molar-refractivity contribution in [3.05, 3.63) is 206 Å². The first-order valence-corrected chi connectivity index (χ1v) is 19.6. The third-order valence-corrected chi connectivity index (χ3v) is 12.1. The predicted octanol–water partition coefficient (Wildman–Crippen LogP) is 15.1. The Bertz CT molecular complexity index is 3090. The number of hydrogen-bond donors (Lipinski definition) is 0. The van der Waals surface area contributed by atoms with Gasteiger partial charge < -0.3 is 9.47 Å². The monoisotopic (exact) mass is 718 g/mol. The molecule has 55 heavy (non-hydrogen) atoms. The van der Waals surface area contributed by atoms with Crippen molar-refractivity contribution in [2.24, 2.45) is 0 Å². The van der Waals surface area contributed by atoms with Crippen LogP contribution in [0.1, 0.15) is 0 Å². The van der Waals surface area contributed by atoms with Gasteiger partial charge in [0.15, 0.2) is 0 Å². The molecule has 0 unspecified atom stereocenters. The van der Waals surface area contributed by atoms with E-state index in [0.717, 1.165) is 17.1 Å². The lowest BCUT2D eigenvalue weighted by molar-refractivity contribution is 1.19. The molecule has 0 aliphatic heterocycles. The van der Waals surface area contributed by atoms with Crippen LogP contribution in [0.3, 0.4) is 0 Å². The molecule has 3 heteroatoms. The van der Waals surface area contributed by atoms with E-state index in [2.05, 4.69) is 216 Å². The van der Waals surface area contributed by atoms with E-state index in [1.165, 1.54) is 80.7 Å². The number of anilines is 3. The lowest BCUT2D eigenvalue weighted by Crippen LogP contribution is -2.09. The van der Waals surface area contributed by atoms with Crippen LogP contribution in [-0.2, 0) is 0 Å². The highest BCUT2D eigenvalue weighted by Crippen LogP contribution is 2.43. The Kier molecular flexibility index (Phi) is 7.39. The van der Waals surface area contributed by atoms with Crippen molar-refractivity contribution < 1.29 is 0 Å². The van der Waals surface area contributed by atoms with Crippen molar-refractivity contribution in [3.8, 4) is 27.9 Å². The molecule has 0 aliphatic rings. The van der Waals surface area contributed by atoms with E-state index in [1.54, 1.807) is 0 Å². The molecule has 258 valence electrons. The Labute approximate surface area is 323 Å². The van der Waals surface area contributed by atoms with Gasteiger partial charge in [-0.15, -0.1) is 11.3 Å². The SMILES string of the molecule is c1ccc(-c2ccc(N(c3ccc(-c4ccccc4)cc3)c3ccc4sc5cc(-n6c7ccccc7c7c8ccccc8ccc76)ccc5c4c3)cc2)cc1. The molecule has 0 saturated carbocycles. The average molecular weight is 719 g/mol. The molecule has 0 radical (unpaired) electrons. The molecule has 2 heterocycles. The maximum absolute atomic E-state index is 2.44. The van der Waals surface area contributed by atoms with E-state index >= 15 is 0 Å². The van der Waals surface area contributed by atoms with E-state index in [4.69, 9.17) is 0 Å². The summed E-state index contributed by atoms with van der Waals surface area (Å²) in [5.41, 5.74) is 11.8. The number of nitrogens with zero attached hydrogens (tertiary/aromatic N) is 2. The van der Waals surface area contributed by atoms with Crippen LogP contribution in [-0.4, -0.2) is 4.57 Å². The summed E-state index contributed by atoms with van der Waals surface area (Å²) in [4.78, 5) is 2.38. The summed E-state index contributed by atoms with van der Waals surface area (Å²) < 4.78 is 5.00. The molecule has 0 aliphatic carbocycles. The van der Waals surface area contributed by atoms with Crippen LogP contribution < -0.4 is 4.90 Å². The highest BCUT2D eigenvalue weighted by Gasteiger charge is 2.18. The zero-order chi connectivity index (χ0) is 36.3. The minimum atomic E-state index is 1.12. The van der Waals surface area contributed by atoms with Gasteiger partial charge in [-0.1, -0.05) is 140 Å². The summed E-state index contributed by atoms with van der Waals surface area (Å²) in [5, 5.41) is 7.69. The van der Waals surface area contributed by atoms with Gasteiger partial charge in [0.05, 0.1) is 11.0 Å². The molecule has 0 atom stereocenters. The number of rotatable bonds is 6. The van der Waals surface area contributed by atoms with Crippen molar-refractivity contribution >= 4 is 81.1 Å². The fourth-order valence-corrected chi connectivity index (χ4v) is 9.48. The second-order valence-electron chi connectivity index (χ2n) is 14.2. The average Bonchev–Trinajstić information content (AvgIpc) is 3.80. The first kappa shape index (κ1) is 31.6. The maximum atomic E-state index is 2.44. The third-order valence-electron chi connectivity index (χ3n) is 11.0. The van der Waals surface area contributed by atoms with E-state index in [9.17, 15) is 0 Å². The smallest absolute Gasteiger partial charge is 0.0547 e. The number of thiophene rings is 1. The summed E-state index contributed by atoms with van der Waals surface area (Å²) in [6.45, 7) is 0. The van der Waals surface area contributed by atoms with Gasteiger partial charge >= 0.3 is 0 Å². The summed E-state index contributed by atoms with van der Waals surface area (Å²) in [7, 11) is 0. The van der Waals surface area contributed by atoms with Crippen LogP contribution in [0.2, 0.25) is 0 Å². The quantitative estimate of drug-likeness (QED) is 0.166. The molecular formula is C52H34N2S. The topological polar surface area (TPSA) is 8.17 Å². The Balaban J connectivity index is 1.04. The standard InChI is InChI=1S/C52H34N2S/c1-3-11-35(12-4-1)37-19-24-40(25-20-37)53(41-26-21-38(22-27-41)36-13-5-2-6-14-36)42-29-32-50-47(33-42)45-30-28-43(34-51(45)55-50)54-48-18-10-9-17-46(48)52-44-16-8-7-15-39(44)23-31-49(52)54/h1-34H. The lowest BCUT2D eigenvalue weighted by atomic mass is 10.0. The highest BCUT2D eigenvalue weighted by atomic mass is 32.1. The molecule has 11 aromatic rings. The van der Waals surface area contributed by atoms with Gasteiger partial charge in [-0.3, -0.25) is 0 Å². The first-order valence-electron chi connectivity index (χ1n) is 18.8. The number of benzene rings is 9. The normalized spacial score (nSPS) is 11.6. The molecule has 2 aromatic heterocycles. The van der Waals surface area contributed by atoms with Crippen LogP contribution in [0.25, 0.3) is 80.7 Å². The second-order valence-corrected chi connectivity index (χ2v) is 15.2. The van der Waals surface area contributed by atoms with Gasteiger partial charge in [-0.2, -0.15) is 0 Å². The van der Waals surface area contributed by atoms with E-state index < -0.39 is 0 Å².